The minimum absolute atomic E-state index is 0.279. The first-order valence-electron chi connectivity index (χ1n) is 6.47. The quantitative estimate of drug-likeness (QED) is 0.912. The largest absolute Gasteiger partial charge is 0.340 e. The van der Waals surface area contributed by atoms with Gasteiger partial charge in [0.1, 0.15) is 17.4 Å². The van der Waals surface area contributed by atoms with Gasteiger partial charge in [0.2, 0.25) is 0 Å². The Morgan fingerprint density at radius 3 is 3.00 bits per heavy atom. The maximum absolute atomic E-state index is 11.6. The highest BCUT2D eigenvalue weighted by atomic mass is 16.1. The first-order chi connectivity index (χ1) is 9.26. The third-order valence-corrected chi connectivity index (χ3v) is 3.32. The van der Waals surface area contributed by atoms with Crippen LogP contribution < -0.4 is 5.32 Å². The second kappa shape index (κ2) is 4.80. The van der Waals surface area contributed by atoms with Crippen molar-refractivity contribution >= 4 is 17.3 Å². The molecule has 1 aliphatic rings. The molecule has 2 aromatic rings. The van der Waals surface area contributed by atoms with Gasteiger partial charge in [0, 0.05) is 31.1 Å². The number of benzene rings is 1. The number of carbonyl (C=O) groups is 1. The third kappa shape index (κ3) is 2.34. The molecule has 0 saturated carbocycles. The van der Waals surface area contributed by atoms with Gasteiger partial charge in [-0.2, -0.15) is 0 Å². The average Bonchev–Trinajstić information content (AvgIpc) is 2.80. The smallest absolute Gasteiger partial charge is 0.141 e. The monoisotopic (exact) mass is 253 g/mol. The van der Waals surface area contributed by atoms with Crippen LogP contribution >= 0.6 is 0 Å². The van der Waals surface area contributed by atoms with E-state index < -0.39 is 0 Å². The molecule has 0 spiro atoms. The molecular weight excluding hydrogens is 238 g/mol. The second-order valence-corrected chi connectivity index (χ2v) is 4.67. The van der Waals surface area contributed by atoms with Crippen molar-refractivity contribution in [2.45, 2.75) is 26.2 Å². The van der Waals surface area contributed by atoms with Crippen molar-refractivity contribution in [3.63, 3.8) is 0 Å². The summed E-state index contributed by atoms with van der Waals surface area (Å²) in [4.78, 5) is 20.2. The molecule has 0 radical (unpaired) electrons. The fourth-order valence-corrected chi connectivity index (χ4v) is 2.38. The summed E-state index contributed by atoms with van der Waals surface area (Å²) in [6.07, 6.45) is 3.63. The summed E-state index contributed by atoms with van der Waals surface area (Å²) in [6.45, 7) is 2.03. The maximum atomic E-state index is 11.6. The number of aryl methyl sites for hydroxylation is 1. The van der Waals surface area contributed by atoms with Crippen LogP contribution in [0.4, 0.5) is 11.5 Å². The predicted molar refractivity (Wildman–Crippen MR) is 73.5 cm³/mol. The minimum atomic E-state index is 0.279. The van der Waals surface area contributed by atoms with Crippen LogP contribution in [0.1, 0.15) is 23.9 Å². The summed E-state index contributed by atoms with van der Waals surface area (Å²) in [5.74, 6) is 1.87. The molecule has 3 rings (SSSR count). The van der Waals surface area contributed by atoms with E-state index in [1.807, 2.05) is 31.2 Å². The van der Waals surface area contributed by atoms with E-state index in [4.69, 9.17) is 0 Å². The van der Waals surface area contributed by atoms with E-state index in [1.165, 1.54) is 0 Å². The van der Waals surface area contributed by atoms with Crippen LogP contribution in [-0.4, -0.2) is 15.8 Å². The number of anilines is 2. The molecule has 1 aromatic carbocycles. The zero-order chi connectivity index (χ0) is 13.2. The molecule has 1 aliphatic carbocycles. The van der Waals surface area contributed by atoms with Crippen LogP contribution in [-0.2, 0) is 24.1 Å². The van der Waals surface area contributed by atoms with Gasteiger partial charge in [0.25, 0.3) is 0 Å². The molecule has 0 amide bonds. The molecule has 4 nitrogen and oxygen atoms in total. The molecule has 0 atom stereocenters. The predicted octanol–water partition coefficient (Wildman–Crippen LogP) is 2.45. The summed E-state index contributed by atoms with van der Waals surface area (Å²) in [6, 6.07) is 7.82. The zero-order valence-corrected chi connectivity index (χ0v) is 10.8. The number of nitrogens with zero attached hydrogens (tertiary/aromatic N) is 2. The highest BCUT2D eigenvalue weighted by Gasteiger charge is 2.21. The lowest BCUT2D eigenvalue weighted by atomic mass is 10.1. The van der Waals surface area contributed by atoms with Crippen LogP contribution in [0.15, 0.2) is 30.5 Å². The summed E-state index contributed by atoms with van der Waals surface area (Å²) < 4.78 is 0. The Morgan fingerprint density at radius 1 is 1.26 bits per heavy atom. The lowest BCUT2D eigenvalue weighted by Crippen LogP contribution is -2.01. The fraction of sp³-hybridized carbons (Fsp3) is 0.267. The van der Waals surface area contributed by atoms with Gasteiger partial charge >= 0.3 is 0 Å². The Morgan fingerprint density at radius 2 is 2.16 bits per heavy atom. The first-order valence-corrected chi connectivity index (χ1v) is 6.47. The molecule has 0 aliphatic heterocycles. The molecule has 0 unspecified atom stereocenters. The molecule has 1 N–H and O–H groups in total. The number of aromatic nitrogens is 2. The summed E-state index contributed by atoms with van der Waals surface area (Å²) in [7, 11) is 0. The number of hydrogen-bond donors (Lipinski definition) is 1. The van der Waals surface area contributed by atoms with Crippen LogP contribution in [0.3, 0.4) is 0 Å². The SMILES string of the molecule is CCc1nccc(Nc2cccc3c2CC(=O)C3)n1. The van der Waals surface area contributed by atoms with E-state index in [1.54, 1.807) is 6.20 Å². The number of ketones is 1. The van der Waals surface area contributed by atoms with Gasteiger partial charge < -0.3 is 5.32 Å². The first kappa shape index (κ1) is 11.8. The van der Waals surface area contributed by atoms with Crippen LogP contribution in [0, 0.1) is 0 Å². The molecule has 0 saturated heterocycles. The van der Waals surface area contributed by atoms with E-state index >= 15 is 0 Å². The van der Waals surface area contributed by atoms with Gasteiger partial charge in [-0.05, 0) is 23.3 Å². The number of nitrogens with one attached hydrogen (secondary N) is 1. The zero-order valence-electron chi connectivity index (χ0n) is 10.8. The summed E-state index contributed by atoms with van der Waals surface area (Å²) in [5.41, 5.74) is 3.20. The van der Waals surface area contributed by atoms with Crippen molar-refractivity contribution in [2.75, 3.05) is 5.32 Å². The number of hydrogen-bond acceptors (Lipinski definition) is 4. The van der Waals surface area contributed by atoms with Crippen molar-refractivity contribution in [1.82, 2.24) is 9.97 Å². The van der Waals surface area contributed by atoms with E-state index in [2.05, 4.69) is 15.3 Å². The average molecular weight is 253 g/mol. The lowest BCUT2D eigenvalue weighted by Gasteiger charge is -2.10. The Kier molecular flexibility index (Phi) is 2.99. The van der Waals surface area contributed by atoms with Crippen molar-refractivity contribution in [1.29, 1.82) is 0 Å². The summed E-state index contributed by atoms with van der Waals surface area (Å²) >= 11 is 0. The van der Waals surface area contributed by atoms with Crippen LogP contribution in [0.5, 0.6) is 0 Å². The van der Waals surface area contributed by atoms with E-state index in [0.717, 1.165) is 34.9 Å². The maximum Gasteiger partial charge on any atom is 0.141 e. The van der Waals surface area contributed by atoms with Gasteiger partial charge in [0.05, 0.1) is 0 Å². The number of fused-ring (bicyclic) bond motifs is 1. The highest BCUT2D eigenvalue weighted by Crippen LogP contribution is 2.28. The molecule has 4 heteroatoms. The Bertz CT molecular complexity index is 637. The van der Waals surface area contributed by atoms with Crippen molar-refractivity contribution < 1.29 is 4.79 Å². The topological polar surface area (TPSA) is 54.9 Å². The number of Topliss-reactive ketones (excluding diaryl/α,β-unsaturated/α-hetero) is 1. The number of carbonyl (C=O) groups excluding carboxylic acids is 1. The molecule has 0 fully saturated rings. The van der Waals surface area contributed by atoms with Crippen LogP contribution in [0.2, 0.25) is 0 Å². The van der Waals surface area contributed by atoms with Crippen molar-refractivity contribution in [3.05, 3.63) is 47.4 Å². The van der Waals surface area contributed by atoms with E-state index in [0.29, 0.717) is 12.8 Å². The fourth-order valence-electron chi connectivity index (χ4n) is 2.38. The van der Waals surface area contributed by atoms with Gasteiger partial charge in [-0.15, -0.1) is 0 Å². The number of rotatable bonds is 3. The highest BCUT2D eigenvalue weighted by molar-refractivity contribution is 5.90. The third-order valence-electron chi connectivity index (χ3n) is 3.32. The van der Waals surface area contributed by atoms with Gasteiger partial charge in [-0.3, -0.25) is 4.79 Å². The second-order valence-electron chi connectivity index (χ2n) is 4.67. The molecular formula is C15H15N3O. The summed E-state index contributed by atoms with van der Waals surface area (Å²) in [5, 5.41) is 3.30. The van der Waals surface area contributed by atoms with E-state index in [9.17, 15) is 4.79 Å². The van der Waals surface area contributed by atoms with E-state index in [-0.39, 0.29) is 5.78 Å². The van der Waals surface area contributed by atoms with Crippen LogP contribution in [0.25, 0.3) is 0 Å². The molecule has 1 heterocycles. The lowest BCUT2D eigenvalue weighted by molar-refractivity contribution is -0.117. The minimum Gasteiger partial charge on any atom is -0.340 e. The molecule has 1 aromatic heterocycles. The van der Waals surface area contributed by atoms with Gasteiger partial charge in [-0.25, -0.2) is 9.97 Å². The molecule has 19 heavy (non-hydrogen) atoms. The molecule has 0 bridgehead atoms. The Hall–Kier alpha value is -2.23. The Labute approximate surface area is 111 Å². The molecule has 96 valence electrons. The van der Waals surface area contributed by atoms with Gasteiger partial charge in [-0.1, -0.05) is 19.1 Å². The standard InChI is InChI=1S/C15H15N3O/c1-2-14-16-7-6-15(18-14)17-13-5-3-4-10-8-11(19)9-12(10)13/h3-7H,2,8-9H2,1H3,(H,16,17,18). The Balaban J connectivity index is 1.92. The normalized spacial score (nSPS) is 13.4. The van der Waals surface area contributed by atoms with Gasteiger partial charge in [0.15, 0.2) is 0 Å². The van der Waals surface area contributed by atoms with Crippen molar-refractivity contribution in [2.24, 2.45) is 0 Å². The van der Waals surface area contributed by atoms with Crippen molar-refractivity contribution in [3.8, 4) is 0 Å².